The van der Waals surface area contributed by atoms with Gasteiger partial charge in [0.05, 0.1) is 12.0 Å². The zero-order valence-electron chi connectivity index (χ0n) is 8.58. The van der Waals surface area contributed by atoms with Gasteiger partial charge in [0.2, 0.25) is 0 Å². The molecule has 14 heavy (non-hydrogen) atoms. The van der Waals surface area contributed by atoms with E-state index in [0.717, 1.165) is 30.8 Å². The maximum Gasteiger partial charge on any atom is 0.254 e. The standard InChI is InChI=1S/C10H15N3O/c1-7(2)13-4-3-8-9(5-13)11-6-12-10(8)14/h6-7H,3-5H2,1-2H3,(H,11,12,14). The smallest absolute Gasteiger partial charge is 0.254 e. The van der Waals surface area contributed by atoms with Crippen LogP contribution in [0, 0.1) is 0 Å². The van der Waals surface area contributed by atoms with Crippen LogP contribution >= 0.6 is 0 Å². The molecule has 0 atom stereocenters. The summed E-state index contributed by atoms with van der Waals surface area (Å²) in [6, 6.07) is 0.518. The van der Waals surface area contributed by atoms with Crippen LogP contribution in [0.2, 0.25) is 0 Å². The quantitative estimate of drug-likeness (QED) is 0.708. The van der Waals surface area contributed by atoms with E-state index < -0.39 is 0 Å². The molecule has 1 aliphatic heterocycles. The van der Waals surface area contributed by atoms with Crippen LogP contribution in [0.5, 0.6) is 0 Å². The summed E-state index contributed by atoms with van der Waals surface area (Å²) in [6.07, 6.45) is 2.31. The minimum atomic E-state index is 0.0263. The number of aromatic nitrogens is 2. The minimum absolute atomic E-state index is 0.0263. The van der Waals surface area contributed by atoms with Gasteiger partial charge in [-0.05, 0) is 20.3 Å². The van der Waals surface area contributed by atoms with E-state index in [1.54, 1.807) is 0 Å². The summed E-state index contributed by atoms with van der Waals surface area (Å²) < 4.78 is 0. The Hall–Kier alpha value is -1.16. The molecule has 1 aromatic rings. The monoisotopic (exact) mass is 193 g/mol. The van der Waals surface area contributed by atoms with Crippen LogP contribution in [-0.2, 0) is 13.0 Å². The van der Waals surface area contributed by atoms with Crippen molar-refractivity contribution in [1.82, 2.24) is 14.9 Å². The largest absolute Gasteiger partial charge is 0.313 e. The van der Waals surface area contributed by atoms with Gasteiger partial charge in [-0.3, -0.25) is 9.69 Å². The molecule has 1 aliphatic rings. The van der Waals surface area contributed by atoms with E-state index in [-0.39, 0.29) is 5.56 Å². The average molecular weight is 193 g/mol. The first kappa shape index (κ1) is 9.40. The normalized spacial score (nSPS) is 17.1. The van der Waals surface area contributed by atoms with Gasteiger partial charge < -0.3 is 4.98 Å². The Bertz CT molecular complexity index is 383. The third kappa shape index (κ3) is 1.57. The van der Waals surface area contributed by atoms with Gasteiger partial charge in [-0.2, -0.15) is 0 Å². The fourth-order valence-corrected chi connectivity index (χ4v) is 1.83. The molecule has 0 radical (unpaired) electrons. The first-order valence-corrected chi connectivity index (χ1v) is 4.98. The Morgan fingerprint density at radius 1 is 1.57 bits per heavy atom. The van der Waals surface area contributed by atoms with Gasteiger partial charge >= 0.3 is 0 Å². The predicted molar refractivity (Wildman–Crippen MR) is 54.1 cm³/mol. The van der Waals surface area contributed by atoms with Crippen molar-refractivity contribution in [3.63, 3.8) is 0 Å². The molecule has 0 spiro atoms. The van der Waals surface area contributed by atoms with Crippen LogP contribution in [0.3, 0.4) is 0 Å². The molecule has 0 fully saturated rings. The molecule has 0 aromatic carbocycles. The predicted octanol–water partition coefficient (Wildman–Crippen LogP) is 0.536. The summed E-state index contributed by atoms with van der Waals surface area (Å²) in [5.41, 5.74) is 1.83. The topological polar surface area (TPSA) is 49.0 Å². The van der Waals surface area contributed by atoms with Crippen molar-refractivity contribution in [2.75, 3.05) is 6.54 Å². The lowest BCUT2D eigenvalue weighted by atomic mass is 10.1. The molecule has 2 heterocycles. The summed E-state index contributed by atoms with van der Waals surface area (Å²) in [4.78, 5) is 20.6. The fraction of sp³-hybridized carbons (Fsp3) is 0.600. The number of rotatable bonds is 1. The number of aromatic amines is 1. The second-order valence-corrected chi connectivity index (χ2v) is 3.97. The third-order valence-electron chi connectivity index (χ3n) is 2.77. The Labute approximate surface area is 83.0 Å². The van der Waals surface area contributed by atoms with Gasteiger partial charge in [0, 0.05) is 24.7 Å². The van der Waals surface area contributed by atoms with E-state index in [4.69, 9.17) is 0 Å². The number of fused-ring (bicyclic) bond motifs is 1. The van der Waals surface area contributed by atoms with Gasteiger partial charge in [0.25, 0.3) is 5.56 Å². The lowest BCUT2D eigenvalue weighted by Gasteiger charge is -2.30. The zero-order chi connectivity index (χ0) is 10.1. The molecule has 4 heteroatoms. The van der Waals surface area contributed by atoms with E-state index in [2.05, 4.69) is 28.7 Å². The van der Waals surface area contributed by atoms with Crippen molar-refractivity contribution in [3.8, 4) is 0 Å². The fourth-order valence-electron chi connectivity index (χ4n) is 1.83. The Morgan fingerprint density at radius 2 is 2.36 bits per heavy atom. The number of nitrogens with one attached hydrogen (secondary N) is 1. The molecular weight excluding hydrogens is 178 g/mol. The zero-order valence-corrected chi connectivity index (χ0v) is 8.58. The van der Waals surface area contributed by atoms with E-state index in [9.17, 15) is 4.79 Å². The Kier molecular flexibility index (Phi) is 2.37. The van der Waals surface area contributed by atoms with Gasteiger partial charge in [-0.1, -0.05) is 0 Å². The first-order chi connectivity index (χ1) is 6.68. The maximum absolute atomic E-state index is 11.4. The molecule has 0 aliphatic carbocycles. The van der Waals surface area contributed by atoms with Crippen LogP contribution in [0.4, 0.5) is 0 Å². The van der Waals surface area contributed by atoms with Gasteiger partial charge in [-0.25, -0.2) is 4.98 Å². The van der Waals surface area contributed by atoms with Crippen LogP contribution in [0.1, 0.15) is 25.1 Å². The maximum atomic E-state index is 11.4. The second-order valence-electron chi connectivity index (χ2n) is 3.97. The molecule has 1 N–H and O–H groups in total. The third-order valence-corrected chi connectivity index (χ3v) is 2.77. The molecule has 0 unspecified atom stereocenters. The number of hydrogen-bond acceptors (Lipinski definition) is 3. The molecule has 76 valence electrons. The Morgan fingerprint density at radius 3 is 3.07 bits per heavy atom. The van der Waals surface area contributed by atoms with Gasteiger partial charge in [-0.15, -0.1) is 0 Å². The number of nitrogens with zero attached hydrogens (tertiary/aromatic N) is 2. The van der Waals surface area contributed by atoms with Crippen LogP contribution in [-0.4, -0.2) is 27.5 Å². The molecule has 0 bridgehead atoms. The van der Waals surface area contributed by atoms with E-state index in [0.29, 0.717) is 6.04 Å². The average Bonchev–Trinajstić information content (AvgIpc) is 2.17. The molecule has 0 saturated carbocycles. The summed E-state index contributed by atoms with van der Waals surface area (Å²) in [5, 5.41) is 0. The summed E-state index contributed by atoms with van der Waals surface area (Å²) >= 11 is 0. The summed E-state index contributed by atoms with van der Waals surface area (Å²) in [5.74, 6) is 0. The van der Waals surface area contributed by atoms with Crippen molar-refractivity contribution >= 4 is 0 Å². The van der Waals surface area contributed by atoms with Gasteiger partial charge in [0.15, 0.2) is 0 Å². The van der Waals surface area contributed by atoms with Crippen molar-refractivity contribution in [2.24, 2.45) is 0 Å². The van der Waals surface area contributed by atoms with E-state index in [1.165, 1.54) is 6.33 Å². The highest BCUT2D eigenvalue weighted by Crippen LogP contribution is 2.14. The molecule has 1 aromatic heterocycles. The number of H-pyrrole nitrogens is 1. The van der Waals surface area contributed by atoms with Crippen LogP contribution in [0.25, 0.3) is 0 Å². The molecule has 4 nitrogen and oxygen atoms in total. The lowest BCUT2D eigenvalue weighted by Crippen LogP contribution is -2.38. The highest BCUT2D eigenvalue weighted by molar-refractivity contribution is 5.19. The minimum Gasteiger partial charge on any atom is -0.313 e. The van der Waals surface area contributed by atoms with Crippen molar-refractivity contribution < 1.29 is 0 Å². The number of hydrogen-bond donors (Lipinski definition) is 1. The van der Waals surface area contributed by atoms with Crippen LogP contribution < -0.4 is 5.56 Å². The highest BCUT2D eigenvalue weighted by Gasteiger charge is 2.20. The van der Waals surface area contributed by atoms with Crippen LogP contribution in [0.15, 0.2) is 11.1 Å². The Balaban J connectivity index is 2.32. The first-order valence-electron chi connectivity index (χ1n) is 4.98. The van der Waals surface area contributed by atoms with E-state index in [1.807, 2.05) is 0 Å². The highest BCUT2D eigenvalue weighted by atomic mass is 16.1. The molecule has 2 rings (SSSR count). The SMILES string of the molecule is CC(C)N1CCc2c(nc[nH]c2=O)C1. The molecule has 0 saturated heterocycles. The summed E-state index contributed by atoms with van der Waals surface area (Å²) in [6.45, 7) is 6.09. The second kappa shape index (κ2) is 3.53. The van der Waals surface area contributed by atoms with Crippen molar-refractivity contribution in [3.05, 3.63) is 27.9 Å². The van der Waals surface area contributed by atoms with Crippen molar-refractivity contribution in [1.29, 1.82) is 0 Å². The van der Waals surface area contributed by atoms with E-state index >= 15 is 0 Å². The summed E-state index contributed by atoms with van der Waals surface area (Å²) in [7, 11) is 0. The van der Waals surface area contributed by atoms with Crippen molar-refractivity contribution in [2.45, 2.75) is 32.9 Å². The lowest BCUT2D eigenvalue weighted by molar-refractivity contribution is 0.199. The molecule has 0 amide bonds. The van der Waals surface area contributed by atoms with Gasteiger partial charge in [0.1, 0.15) is 0 Å². The molecular formula is C10H15N3O.